The molecule has 3 nitrogen and oxygen atoms in total. The van der Waals surface area contributed by atoms with Crippen LogP contribution in [0.1, 0.15) is 43.8 Å². The number of imidazole rings is 1. The summed E-state index contributed by atoms with van der Waals surface area (Å²) in [6.45, 7) is 2.29. The fourth-order valence-corrected chi connectivity index (χ4v) is 3.01. The van der Waals surface area contributed by atoms with Gasteiger partial charge >= 0.3 is 0 Å². The minimum Gasteiger partial charge on any atom is -0.333 e. The fraction of sp³-hybridized carbons (Fsp3) is 0.643. The Morgan fingerprint density at radius 2 is 2.35 bits per heavy atom. The molecule has 92 valence electrons. The zero-order valence-corrected chi connectivity index (χ0v) is 10.3. The monoisotopic (exact) mass is 231 g/mol. The van der Waals surface area contributed by atoms with E-state index in [4.69, 9.17) is 0 Å². The van der Waals surface area contributed by atoms with Crippen molar-refractivity contribution >= 4 is 0 Å². The van der Waals surface area contributed by atoms with Crippen LogP contribution in [-0.2, 0) is 6.54 Å². The summed E-state index contributed by atoms with van der Waals surface area (Å²) in [7, 11) is 0. The van der Waals surface area contributed by atoms with Crippen LogP contribution in [-0.4, -0.2) is 16.1 Å². The van der Waals surface area contributed by atoms with E-state index in [0.29, 0.717) is 6.04 Å². The lowest BCUT2D eigenvalue weighted by atomic mass is 9.94. The van der Waals surface area contributed by atoms with Crippen LogP contribution in [0.2, 0.25) is 0 Å². The van der Waals surface area contributed by atoms with E-state index < -0.39 is 0 Å². The van der Waals surface area contributed by atoms with Crippen molar-refractivity contribution in [2.75, 3.05) is 6.54 Å². The molecule has 1 N–H and O–H groups in total. The van der Waals surface area contributed by atoms with Crippen molar-refractivity contribution < 1.29 is 0 Å². The topological polar surface area (TPSA) is 29.9 Å². The third-order valence-corrected chi connectivity index (χ3v) is 3.99. The van der Waals surface area contributed by atoms with Crippen LogP contribution in [0.3, 0.4) is 0 Å². The zero-order valence-electron chi connectivity index (χ0n) is 10.3. The Labute approximate surface area is 103 Å². The van der Waals surface area contributed by atoms with Gasteiger partial charge in [0.25, 0.3) is 0 Å². The van der Waals surface area contributed by atoms with Gasteiger partial charge in [-0.2, -0.15) is 0 Å². The average Bonchev–Trinajstić information content (AvgIpc) is 3.00. The number of allylic oxidation sites excluding steroid dienone is 2. The van der Waals surface area contributed by atoms with Gasteiger partial charge in [0.15, 0.2) is 0 Å². The highest BCUT2D eigenvalue weighted by Crippen LogP contribution is 2.25. The number of aromatic nitrogens is 2. The number of rotatable bonds is 3. The van der Waals surface area contributed by atoms with Crippen molar-refractivity contribution in [1.82, 2.24) is 14.9 Å². The van der Waals surface area contributed by atoms with Gasteiger partial charge in [0, 0.05) is 18.8 Å². The first kappa shape index (κ1) is 11.0. The quantitative estimate of drug-likeness (QED) is 0.811. The molecular weight excluding hydrogens is 210 g/mol. The van der Waals surface area contributed by atoms with Crippen molar-refractivity contribution in [3.63, 3.8) is 0 Å². The van der Waals surface area contributed by atoms with Gasteiger partial charge in [0.2, 0.25) is 0 Å². The lowest BCUT2D eigenvalue weighted by molar-refractivity contribution is 0.396. The lowest BCUT2D eigenvalue weighted by Crippen LogP contribution is -2.19. The van der Waals surface area contributed by atoms with Crippen LogP contribution in [0, 0.1) is 5.92 Å². The SMILES string of the molecule is C1=CCC(Cn2cncc2[C@@H]2CCCN2)CC1. The van der Waals surface area contributed by atoms with E-state index in [1.807, 2.05) is 12.5 Å². The van der Waals surface area contributed by atoms with Crippen LogP contribution in [0.15, 0.2) is 24.7 Å². The number of nitrogens with one attached hydrogen (secondary N) is 1. The van der Waals surface area contributed by atoms with Gasteiger partial charge in [-0.25, -0.2) is 4.98 Å². The number of hydrogen-bond acceptors (Lipinski definition) is 2. The highest BCUT2D eigenvalue weighted by atomic mass is 15.1. The standard InChI is InChI=1S/C14H21N3/c1-2-5-12(6-3-1)10-17-11-15-9-14(17)13-7-4-8-16-13/h1-2,9,11-13,16H,3-8,10H2/t12?,13-/m0/s1. The van der Waals surface area contributed by atoms with Crippen LogP contribution in [0.25, 0.3) is 0 Å². The Morgan fingerprint density at radius 1 is 1.35 bits per heavy atom. The summed E-state index contributed by atoms with van der Waals surface area (Å²) in [5.41, 5.74) is 1.39. The van der Waals surface area contributed by atoms with E-state index in [-0.39, 0.29) is 0 Å². The highest BCUT2D eigenvalue weighted by Gasteiger charge is 2.21. The maximum absolute atomic E-state index is 4.34. The van der Waals surface area contributed by atoms with Crippen LogP contribution >= 0.6 is 0 Å². The Balaban J connectivity index is 1.69. The Bertz CT molecular complexity index is 388. The summed E-state index contributed by atoms with van der Waals surface area (Å²) in [5.74, 6) is 0.800. The van der Waals surface area contributed by atoms with Crippen molar-refractivity contribution in [2.45, 2.75) is 44.7 Å². The molecule has 3 rings (SSSR count). The van der Waals surface area contributed by atoms with Gasteiger partial charge in [-0.3, -0.25) is 0 Å². The molecule has 1 aromatic rings. The van der Waals surface area contributed by atoms with Crippen LogP contribution in [0.4, 0.5) is 0 Å². The van der Waals surface area contributed by atoms with Gasteiger partial charge in [-0.15, -0.1) is 0 Å². The molecule has 1 aliphatic heterocycles. The third kappa shape index (κ3) is 2.44. The van der Waals surface area contributed by atoms with Crippen molar-refractivity contribution in [2.24, 2.45) is 5.92 Å². The van der Waals surface area contributed by atoms with Gasteiger partial charge in [0.1, 0.15) is 0 Å². The summed E-state index contributed by atoms with van der Waals surface area (Å²) in [6.07, 6.45) is 15.0. The first-order valence-electron chi connectivity index (χ1n) is 6.82. The second kappa shape index (κ2) is 5.05. The predicted octanol–water partition coefficient (Wildman–Crippen LogP) is 2.66. The number of hydrogen-bond donors (Lipinski definition) is 1. The normalized spacial score (nSPS) is 28.7. The molecule has 2 atom stereocenters. The van der Waals surface area contributed by atoms with Crippen LogP contribution in [0.5, 0.6) is 0 Å². The van der Waals surface area contributed by atoms with Gasteiger partial charge < -0.3 is 9.88 Å². The second-order valence-electron chi connectivity index (χ2n) is 5.27. The molecule has 0 saturated carbocycles. The first-order valence-corrected chi connectivity index (χ1v) is 6.82. The Kier molecular flexibility index (Phi) is 3.27. The smallest absolute Gasteiger partial charge is 0.0948 e. The van der Waals surface area contributed by atoms with E-state index in [0.717, 1.165) is 19.0 Å². The van der Waals surface area contributed by atoms with Crippen molar-refractivity contribution in [3.8, 4) is 0 Å². The fourth-order valence-electron chi connectivity index (χ4n) is 3.01. The zero-order chi connectivity index (χ0) is 11.5. The summed E-state index contributed by atoms with van der Waals surface area (Å²) < 4.78 is 2.37. The molecule has 17 heavy (non-hydrogen) atoms. The Morgan fingerprint density at radius 3 is 3.12 bits per heavy atom. The predicted molar refractivity (Wildman–Crippen MR) is 68.7 cm³/mol. The molecule has 0 amide bonds. The van der Waals surface area contributed by atoms with Crippen molar-refractivity contribution in [3.05, 3.63) is 30.4 Å². The molecule has 0 radical (unpaired) electrons. The largest absolute Gasteiger partial charge is 0.333 e. The minimum atomic E-state index is 0.539. The number of nitrogens with zero attached hydrogens (tertiary/aromatic N) is 2. The minimum absolute atomic E-state index is 0.539. The van der Waals surface area contributed by atoms with E-state index in [1.54, 1.807) is 0 Å². The molecule has 2 heterocycles. The molecule has 1 fully saturated rings. The molecule has 0 bridgehead atoms. The summed E-state index contributed by atoms with van der Waals surface area (Å²) in [4.78, 5) is 4.34. The molecule has 0 spiro atoms. The second-order valence-corrected chi connectivity index (χ2v) is 5.27. The van der Waals surface area contributed by atoms with Gasteiger partial charge in [0.05, 0.1) is 12.0 Å². The van der Waals surface area contributed by atoms with Gasteiger partial charge in [-0.05, 0) is 44.6 Å². The van der Waals surface area contributed by atoms with E-state index >= 15 is 0 Å². The maximum atomic E-state index is 4.34. The molecule has 1 aliphatic carbocycles. The average molecular weight is 231 g/mol. The molecule has 0 aromatic carbocycles. The highest BCUT2D eigenvalue weighted by molar-refractivity contribution is 5.07. The van der Waals surface area contributed by atoms with E-state index in [9.17, 15) is 0 Å². The molecule has 3 heteroatoms. The van der Waals surface area contributed by atoms with E-state index in [2.05, 4.69) is 27.0 Å². The van der Waals surface area contributed by atoms with Crippen LogP contribution < -0.4 is 5.32 Å². The van der Waals surface area contributed by atoms with Gasteiger partial charge in [-0.1, -0.05) is 12.2 Å². The molecule has 1 unspecified atom stereocenters. The maximum Gasteiger partial charge on any atom is 0.0948 e. The Hall–Kier alpha value is -1.09. The van der Waals surface area contributed by atoms with E-state index in [1.165, 1.54) is 37.8 Å². The summed E-state index contributed by atoms with van der Waals surface area (Å²) >= 11 is 0. The molecular formula is C14H21N3. The summed E-state index contributed by atoms with van der Waals surface area (Å²) in [5, 5.41) is 3.56. The molecule has 1 saturated heterocycles. The van der Waals surface area contributed by atoms with Crippen molar-refractivity contribution in [1.29, 1.82) is 0 Å². The molecule has 2 aliphatic rings. The third-order valence-electron chi connectivity index (χ3n) is 3.99. The summed E-state index contributed by atoms with van der Waals surface area (Å²) in [6, 6.07) is 0.539. The first-order chi connectivity index (χ1) is 8.43. The molecule has 1 aromatic heterocycles. The lowest BCUT2D eigenvalue weighted by Gasteiger charge is -2.21.